The summed E-state index contributed by atoms with van der Waals surface area (Å²) in [6.07, 6.45) is 3.25. The number of hydrogen-bond donors (Lipinski definition) is 2. The normalized spacial score (nSPS) is 29.4. The Morgan fingerprint density at radius 2 is 2.21 bits per heavy atom. The third kappa shape index (κ3) is 2.71. The SMILES string of the molecule is CCC1CC1NC(=O)[C@@H](N)[C@@H](C)CC. The fourth-order valence-corrected chi connectivity index (χ4v) is 1.67. The van der Waals surface area contributed by atoms with Crippen LogP contribution in [0.1, 0.15) is 40.0 Å². The Labute approximate surface area is 86.4 Å². The Kier molecular flexibility index (Phi) is 3.93. The van der Waals surface area contributed by atoms with Gasteiger partial charge >= 0.3 is 0 Å². The van der Waals surface area contributed by atoms with Crippen LogP contribution in [0.4, 0.5) is 0 Å². The van der Waals surface area contributed by atoms with Crippen LogP contribution in [0.25, 0.3) is 0 Å². The number of carbonyl (C=O) groups excluding carboxylic acids is 1. The monoisotopic (exact) mass is 198 g/mol. The van der Waals surface area contributed by atoms with Crippen molar-refractivity contribution in [3.8, 4) is 0 Å². The maximum atomic E-state index is 11.6. The molecule has 3 heteroatoms. The van der Waals surface area contributed by atoms with Gasteiger partial charge < -0.3 is 11.1 Å². The highest BCUT2D eigenvalue weighted by Crippen LogP contribution is 2.33. The molecule has 0 heterocycles. The number of nitrogens with one attached hydrogen (secondary N) is 1. The fourth-order valence-electron chi connectivity index (χ4n) is 1.67. The molecule has 1 aliphatic rings. The summed E-state index contributed by atoms with van der Waals surface area (Å²) in [5.74, 6) is 0.997. The van der Waals surface area contributed by atoms with Gasteiger partial charge in [-0.05, 0) is 18.3 Å². The molecule has 0 aromatic carbocycles. The van der Waals surface area contributed by atoms with Gasteiger partial charge in [0.2, 0.25) is 5.91 Å². The minimum absolute atomic E-state index is 0.0281. The van der Waals surface area contributed by atoms with Crippen LogP contribution < -0.4 is 11.1 Å². The molecule has 0 spiro atoms. The first-order valence-electron chi connectivity index (χ1n) is 5.66. The molecular formula is C11H22N2O. The lowest BCUT2D eigenvalue weighted by molar-refractivity contribution is -0.123. The van der Waals surface area contributed by atoms with E-state index in [0.29, 0.717) is 12.0 Å². The lowest BCUT2D eigenvalue weighted by Gasteiger charge is -2.17. The van der Waals surface area contributed by atoms with E-state index in [1.165, 1.54) is 0 Å². The third-order valence-electron chi connectivity index (χ3n) is 3.33. The minimum Gasteiger partial charge on any atom is -0.352 e. The van der Waals surface area contributed by atoms with E-state index in [1.54, 1.807) is 0 Å². The molecule has 2 unspecified atom stereocenters. The van der Waals surface area contributed by atoms with E-state index >= 15 is 0 Å². The molecule has 0 aromatic heterocycles. The number of amides is 1. The van der Waals surface area contributed by atoms with Crippen LogP contribution >= 0.6 is 0 Å². The molecule has 4 atom stereocenters. The summed E-state index contributed by atoms with van der Waals surface area (Å²) in [4.78, 5) is 11.6. The van der Waals surface area contributed by atoms with Crippen LogP contribution in [-0.4, -0.2) is 18.0 Å². The van der Waals surface area contributed by atoms with Crippen molar-refractivity contribution in [2.24, 2.45) is 17.6 Å². The molecule has 3 N–H and O–H groups in total. The second-order valence-electron chi connectivity index (χ2n) is 4.43. The molecule has 0 aromatic rings. The molecule has 0 saturated heterocycles. The lowest BCUT2D eigenvalue weighted by Crippen LogP contribution is -2.45. The molecule has 1 fully saturated rings. The maximum absolute atomic E-state index is 11.6. The zero-order valence-electron chi connectivity index (χ0n) is 9.42. The van der Waals surface area contributed by atoms with Gasteiger partial charge in [0.1, 0.15) is 0 Å². The molecule has 3 nitrogen and oxygen atoms in total. The second kappa shape index (κ2) is 4.78. The summed E-state index contributed by atoms with van der Waals surface area (Å²) in [5.41, 5.74) is 5.82. The average molecular weight is 198 g/mol. The van der Waals surface area contributed by atoms with Crippen molar-refractivity contribution in [2.75, 3.05) is 0 Å². The van der Waals surface area contributed by atoms with Crippen LogP contribution in [-0.2, 0) is 4.79 Å². The van der Waals surface area contributed by atoms with Gasteiger partial charge in [0.05, 0.1) is 6.04 Å². The Bertz CT molecular complexity index is 205. The first kappa shape index (κ1) is 11.5. The molecule has 1 aliphatic carbocycles. The van der Waals surface area contributed by atoms with Crippen molar-refractivity contribution in [1.29, 1.82) is 0 Å². The summed E-state index contributed by atoms with van der Waals surface area (Å²) in [6.45, 7) is 6.24. The van der Waals surface area contributed by atoms with E-state index in [0.717, 1.165) is 19.3 Å². The Balaban J connectivity index is 2.28. The Hall–Kier alpha value is -0.570. The highest BCUT2D eigenvalue weighted by Gasteiger charge is 2.37. The van der Waals surface area contributed by atoms with Crippen molar-refractivity contribution in [1.82, 2.24) is 5.32 Å². The van der Waals surface area contributed by atoms with Crippen LogP contribution in [0.5, 0.6) is 0 Å². The van der Waals surface area contributed by atoms with Gasteiger partial charge in [-0.25, -0.2) is 0 Å². The zero-order valence-corrected chi connectivity index (χ0v) is 9.42. The van der Waals surface area contributed by atoms with Crippen molar-refractivity contribution < 1.29 is 4.79 Å². The van der Waals surface area contributed by atoms with Crippen molar-refractivity contribution in [2.45, 2.75) is 52.1 Å². The van der Waals surface area contributed by atoms with Gasteiger partial charge in [0, 0.05) is 6.04 Å². The van der Waals surface area contributed by atoms with Crippen LogP contribution in [0.15, 0.2) is 0 Å². The van der Waals surface area contributed by atoms with E-state index in [4.69, 9.17) is 5.73 Å². The highest BCUT2D eigenvalue weighted by atomic mass is 16.2. The third-order valence-corrected chi connectivity index (χ3v) is 3.33. The maximum Gasteiger partial charge on any atom is 0.237 e. The van der Waals surface area contributed by atoms with Gasteiger partial charge in [-0.15, -0.1) is 0 Å². The topological polar surface area (TPSA) is 55.1 Å². The van der Waals surface area contributed by atoms with Crippen LogP contribution in [0.2, 0.25) is 0 Å². The lowest BCUT2D eigenvalue weighted by atomic mass is 9.99. The summed E-state index contributed by atoms with van der Waals surface area (Å²) in [7, 11) is 0. The first-order valence-corrected chi connectivity index (χ1v) is 5.66. The van der Waals surface area contributed by atoms with Crippen LogP contribution in [0.3, 0.4) is 0 Å². The molecule has 82 valence electrons. The van der Waals surface area contributed by atoms with E-state index in [1.807, 2.05) is 6.92 Å². The van der Waals surface area contributed by atoms with Crippen molar-refractivity contribution in [3.63, 3.8) is 0 Å². The number of hydrogen-bond acceptors (Lipinski definition) is 2. The van der Waals surface area contributed by atoms with Gasteiger partial charge in [0.15, 0.2) is 0 Å². The highest BCUT2D eigenvalue weighted by molar-refractivity contribution is 5.82. The predicted molar refractivity (Wildman–Crippen MR) is 57.8 cm³/mol. The number of rotatable bonds is 5. The van der Waals surface area contributed by atoms with Crippen LogP contribution in [0, 0.1) is 11.8 Å². The summed E-state index contributed by atoms with van der Waals surface area (Å²) < 4.78 is 0. The molecule has 0 radical (unpaired) electrons. The second-order valence-corrected chi connectivity index (χ2v) is 4.43. The van der Waals surface area contributed by atoms with Gasteiger partial charge in [0.25, 0.3) is 0 Å². The average Bonchev–Trinajstić information content (AvgIpc) is 2.93. The van der Waals surface area contributed by atoms with Gasteiger partial charge in [-0.3, -0.25) is 4.79 Å². The van der Waals surface area contributed by atoms with E-state index in [9.17, 15) is 4.79 Å². The standard InChI is InChI=1S/C11H22N2O/c1-4-7(3)10(12)11(14)13-9-6-8(9)5-2/h7-10H,4-6,12H2,1-3H3,(H,13,14)/t7-,8?,9?,10-/m0/s1. The molecule has 14 heavy (non-hydrogen) atoms. The summed E-state index contributed by atoms with van der Waals surface area (Å²) in [6, 6.07) is 0.0701. The quantitative estimate of drug-likeness (QED) is 0.699. The Morgan fingerprint density at radius 3 is 2.64 bits per heavy atom. The molecule has 1 amide bonds. The van der Waals surface area contributed by atoms with Crippen molar-refractivity contribution >= 4 is 5.91 Å². The largest absolute Gasteiger partial charge is 0.352 e. The van der Waals surface area contributed by atoms with E-state index < -0.39 is 0 Å². The molecule has 1 saturated carbocycles. The van der Waals surface area contributed by atoms with Gasteiger partial charge in [-0.1, -0.05) is 33.6 Å². The fraction of sp³-hybridized carbons (Fsp3) is 0.909. The number of carbonyl (C=O) groups is 1. The predicted octanol–water partition coefficient (Wildman–Crippen LogP) is 1.27. The zero-order chi connectivity index (χ0) is 10.7. The van der Waals surface area contributed by atoms with Gasteiger partial charge in [-0.2, -0.15) is 0 Å². The molecule has 0 bridgehead atoms. The molecule has 1 rings (SSSR count). The van der Waals surface area contributed by atoms with E-state index in [2.05, 4.69) is 19.2 Å². The molecular weight excluding hydrogens is 176 g/mol. The summed E-state index contributed by atoms with van der Waals surface area (Å²) in [5, 5.41) is 3.01. The molecule has 0 aliphatic heterocycles. The van der Waals surface area contributed by atoms with Crippen molar-refractivity contribution in [3.05, 3.63) is 0 Å². The Morgan fingerprint density at radius 1 is 1.57 bits per heavy atom. The van der Waals surface area contributed by atoms with E-state index in [-0.39, 0.29) is 17.9 Å². The first-order chi connectivity index (χ1) is 6.60. The smallest absolute Gasteiger partial charge is 0.237 e. The number of nitrogens with two attached hydrogens (primary N) is 1. The summed E-state index contributed by atoms with van der Waals surface area (Å²) >= 11 is 0. The minimum atomic E-state index is -0.335.